The summed E-state index contributed by atoms with van der Waals surface area (Å²) in [5.41, 5.74) is 2.07. The minimum atomic E-state index is -0.984. The van der Waals surface area contributed by atoms with E-state index in [0.717, 1.165) is 21.8 Å². The Kier molecular flexibility index (Phi) is 5.41. The third-order valence-electron chi connectivity index (χ3n) is 3.07. The fourth-order valence-electron chi connectivity index (χ4n) is 2.05. The Balaban J connectivity index is 0.000000185. The van der Waals surface area contributed by atoms with Gasteiger partial charge in [-0.2, -0.15) is 0 Å². The van der Waals surface area contributed by atoms with Crippen molar-refractivity contribution in [2.45, 2.75) is 0 Å². The average molecular weight is 356 g/mol. The van der Waals surface area contributed by atoms with Crippen LogP contribution < -0.4 is 0 Å². The normalized spacial score (nSPS) is 9.74. The van der Waals surface area contributed by atoms with Crippen LogP contribution in [0, 0.1) is 0 Å². The smallest absolute Gasteiger partial charge is 0.353 e. The van der Waals surface area contributed by atoms with Crippen LogP contribution >= 0.6 is 0 Å². The van der Waals surface area contributed by atoms with Crippen LogP contribution in [0.1, 0.15) is 10.5 Å². The quantitative estimate of drug-likeness (QED) is 0.404. The molecule has 4 rings (SSSR count). The number of carboxylic acids is 1. The molecule has 6 nitrogen and oxygen atoms in total. The summed E-state index contributed by atoms with van der Waals surface area (Å²) in [6.45, 7) is 0. The van der Waals surface area contributed by atoms with Gasteiger partial charge in [-0.25, -0.2) is 9.78 Å². The second-order valence-corrected chi connectivity index (χ2v) is 4.49. The molecule has 0 fully saturated rings. The molecule has 1 radical (unpaired) electrons. The number of aromatic amines is 1. The first kappa shape index (κ1) is 16.6. The van der Waals surface area contributed by atoms with Crippen molar-refractivity contribution >= 4 is 27.8 Å². The number of aromatic carboxylic acids is 1. The topological polar surface area (TPSA) is 91.8 Å². The zero-order valence-electron chi connectivity index (χ0n) is 11.8. The van der Waals surface area contributed by atoms with E-state index in [-0.39, 0.29) is 22.8 Å². The molecule has 2 N–H and O–H groups in total. The van der Waals surface area contributed by atoms with E-state index in [2.05, 4.69) is 44.2 Å². The van der Waals surface area contributed by atoms with Gasteiger partial charge in [0.05, 0.1) is 23.6 Å². The van der Waals surface area contributed by atoms with Crippen molar-refractivity contribution in [1.82, 2.24) is 19.9 Å². The molecule has 0 amide bonds. The van der Waals surface area contributed by atoms with E-state index in [0.29, 0.717) is 0 Å². The molecule has 0 bridgehead atoms. The summed E-state index contributed by atoms with van der Waals surface area (Å²) in [5, 5.41) is 10.5. The van der Waals surface area contributed by atoms with Gasteiger partial charge in [0.25, 0.3) is 0 Å². The summed E-state index contributed by atoms with van der Waals surface area (Å²) in [7, 11) is 0. The van der Waals surface area contributed by atoms with Gasteiger partial charge in [0, 0.05) is 40.2 Å². The maximum Gasteiger partial charge on any atom is 0.353 e. The first-order valence-electron chi connectivity index (χ1n) is 6.56. The maximum atomic E-state index is 9.99. The Morgan fingerprint density at radius 1 is 0.957 bits per heavy atom. The fourth-order valence-corrected chi connectivity index (χ4v) is 2.05. The van der Waals surface area contributed by atoms with E-state index in [1.807, 2.05) is 12.1 Å². The number of benzene rings is 1. The Morgan fingerprint density at radius 3 is 1.91 bits per heavy atom. The molecule has 0 aliphatic heterocycles. The first-order chi connectivity index (χ1) is 10.8. The van der Waals surface area contributed by atoms with Crippen LogP contribution in [0.25, 0.3) is 21.8 Å². The van der Waals surface area contributed by atoms with Gasteiger partial charge in [-0.05, 0) is 12.1 Å². The van der Waals surface area contributed by atoms with E-state index < -0.39 is 5.97 Å². The first-order valence-corrected chi connectivity index (χ1v) is 6.56. The predicted octanol–water partition coefficient (Wildman–Crippen LogP) is 2.89. The summed E-state index contributed by atoms with van der Waals surface area (Å²) in [6, 6.07) is 12.1. The number of rotatable bonds is 1. The second-order valence-electron chi connectivity index (χ2n) is 4.49. The summed E-state index contributed by atoms with van der Waals surface area (Å²) >= 11 is 0. The van der Waals surface area contributed by atoms with Crippen LogP contribution in [-0.2, 0) is 17.1 Å². The monoisotopic (exact) mass is 355 g/mol. The number of H-pyrrole nitrogens is 1. The van der Waals surface area contributed by atoms with E-state index >= 15 is 0 Å². The number of nitrogens with one attached hydrogen (secondary N) is 1. The van der Waals surface area contributed by atoms with Crippen molar-refractivity contribution in [3.8, 4) is 0 Å². The van der Waals surface area contributed by atoms with Crippen LogP contribution in [0.5, 0.6) is 0 Å². The number of nitrogens with zero attached hydrogens (tertiary/aromatic N) is 3. The van der Waals surface area contributed by atoms with E-state index in [1.165, 1.54) is 12.5 Å². The summed E-state index contributed by atoms with van der Waals surface area (Å²) < 4.78 is 0. The summed E-state index contributed by atoms with van der Waals surface area (Å²) in [6.07, 6.45) is 6.18. The van der Waals surface area contributed by atoms with E-state index in [4.69, 9.17) is 5.11 Å². The molecule has 0 unspecified atom stereocenters. The van der Waals surface area contributed by atoms with Gasteiger partial charge in [0.1, 0.15) is 5.69 Å². The molecule has 23 heavy (non-hydrogen) atoms. The Hall–Kier alpha value is -2.76. The molecule has 1 aromatic carbocycles. The molecule has 0 saturated carbocycles. The number of carboxylic acid groups (broad SMARTS) is 1. The van der Waals surface area contributed by atoms with Crippen molar-refractivity contribution in [2.24, 2.45) is 0 Å². The van der Waals surface area contributed by atoms with Crippen LogP contribution in [-0.4, -0.2) is 31.0 Å². The SMILES string of the molecule is O=C(O)c1cnc[nH]1.[Cu].c1cnc2c(c1)ccc1cccnc12. The van der Waals surface area contributed by atoms with Gasteiger partial charge in [-0.3, -0.25) is 9.97 Å². The molecule has 0 atom stereocenters. The zero-order chi connectivity index (χ0) is 15.4. The van der Waals surface area contributed by atoms with E-state index in [9.17, 15) is 4.79 Å². The molecular weight excluding hydrogens is 344 g/mol. The Bertz CT molecular complexity index is 871. The molecule has 119 valence electrons. The van der Waals surface area contributed by atoms with Crippen LogP contribution in [0.15, 0.2) is 61.3 Å². The van der Waals surface area contributed by atoms with Crippen LogP contribution in [0.3, 0.4) is 0 Å². The van der Waals surface area contributed by atoms with Gasteiger partial charge in [-0.15, -0.1) is 0 Å². The number of hydrogen-bond donors (Lipinski definition) is 2. The number of imidazole rings is 1. The molecular formula is C16H12CuN4O2. The van der Waals surface area contributed by atoms with Crippen LogP contribution in [0.2, 0.25) is 0 Å². The van der Waals surface area contributed by atoms with Crippen molar-refractivity contribution in [3.05, 3.63) is 67.0 Å². The number of aromatic nitrogens is 4. The molecule has 3 heterocycles. The third kappa shape index (κ3) is 3.71. The summed E-state index contributed by atoms with van der Waals surface area (Å²) in [4.78, 5) is 24.6. The van der Waals surface area contributed by atoms with Crippen molar-refractivity contribution < 1.29 is 27.0 Å². The average Bonchev–Trinajstić information content (AvgIpc) is 3.10. The second kappa shape index (κ2) is 7.49. The van der Waals surface area contributed by atoms with Gasteiger partial charge in [0.15, 0.2) is 0 Å². The molecule has 4 aromatic rings. The third-order valence-corrected chi connectivity index (χ3v) is 3.07. The van der Waals surface area contributed by atoms with Crippen molar-refractivity contribution in [2.75, 3.05) is 0 Å². The zero-order valence-corrected chi connectivity index (χ0v) is 12.7. The van der Waals surface area contributed by atoms with Crippen molar-refractivity contribution in [3.63, 3.8) is 0 Å². The van der Waals surface area contributed by atoms with E-state index in [1.54, 1.807) is 12.4 Å². The molecule has 0 aliphatic carbocycles. The van der Waals surface area contributed by atoms with Gasteiger partial charge < -0.3 is 10.1 Å². The molecule has 0 spiro atoms. The number of hydrogen-bond acceptors (Lipinski definition) is 4. The summed E-state index contributed by atoms with van der Waals surface area (Å²) in [5.74, 6) is -0.984. The van der Waals surface area contributed by atoms with Crippen LogP contribution in [0.4, 0.5) is 0 Å². The molecule has 0 aliphatic rings. The molecule has 3 aromatic heterocycles. The number of carbonyl (C=O) groups is 1. The maximum absolute atomic E-state index is 9.99. The molecule has 7 heteroatoms. The standard InChI is InChI=1S/C12H8N2.C4H4N2O2.Cu/c1-3-9-5-6-10-4-2-8-14-12(10)11(9)13-7-1;7-4(8)3-1-5-2-6-3;/h1-8H;1-2H,(H,5,6)(H,7,8);. The predicted molar refractivity (Wildman–Crippen MR) is 82.6 cm³/mol. The Labute approximate surface area is 142 Å². The number of fused-ring (bicyclic) bond motifs is 3. The van der Waals surface area contributed by atoms with Crippen molar-refractivity contribution in [1.29, 1.82) is 0 Å². The van der Waals surface area contributed by atoms with Gasteiger partial charge in [-0.1, -0.05) is 24.3 Å². The fraction of sp³-hybridized carbons (Fsp3) is 0. The molecule has 0 saturated heterocycles. The van der Waals surface area contributed by atoms with Gasteiger partial charge in [0.2, 0.25) is 0 Å². The van der Waals surface area contributed by atoms with Gasteiger partial charge >= 0.3 is 5.97 Å². The minimum absolute atomic E-state index is 0. The minimum Gasteiger partial charge on any atom is -0.477 e. The Morgan fingerprint density at radius 2 is 1.52 bits per heavy atom. The number of pyridine rings is 2. The largest absolute Gasteiger partial charge is 0.477 e.